The number of β-amino-alcohol motifs (C(OH)–C–C–N with tert-alkyl or cyclic N) is 1. The third-order valence-electron chi connectivity index (χ3n) is 7.16. The number of hydrogen-bond donors (Lipinski definition) is 1. The van der Waals surface area contributed by atoms with Crippen molar-refractivity contribution in [3.63, 3.8) is 0 Å². The summed E-state index contributed by atoms with van der Waals surface area (Å²) in [7, 11) is 1.44. The molecular formula is C34H45N3O10. The van der Waals surface area contributed by atoms with Crippen LogP contribution < -0.4 is 4.74 Å². The summed E-state index contributed by atoms with van der Waals surface area (Å²) in [5.74, 6) is -2.12. The lowest BCUT2D eigenvalue weighted by atomic mass is 10.0. The number of hydrogen-bond acceptors (Lipinski definition) is 10. The molecule has 1 fully saturated rings. The minimum absolute atomic E-state index is 0.0636. The first-order chi connectivity index (χ1) is 21.7. The maximum Gasteiger partial charge on any atom is 0.439 e. The van der Waals surface area contributed by atoms with Gasteiger partial charge in [0, 0.05) is 23.1 Å². The number of likely N-dealkylation sites (tertiary alicyclic amines) is 1. The topological polar surface area (TPSA) is 152 Å². The third-order valence-corrected chi connectivity index (χ3v) is 7.16. The summed E-state index contributed by atoms with van der Waals surface area (Å²) in [5, 5.41) is 11.8. The molecule has 0 aliphatic carbocycles. The molecule has 0 aromatic heterocycles. The Morgan fingerprint density at radius 1 is 0.915 bits per heavy atom. The Bertz CT molecular complexity index is 1500. The summed E-state index contributed by atoms with van der Waals surface area (Å²) >= 11 is 0. The molecule has 1 N–H and O–H groups in total. The van der Waals surface area contributed by atoms with Crippen LogP contribution in [0, 0.1) is 20.8 Å². The highest BCUT2D eigenvalue weighted by Crippen LogP contribution is 2.28. The van der Waals surface area contributed by atoms with Gasteiger partial charge in [0.05, 0.1) is 25.3 Å². The van der Waals surface area contributed by atoms with Crippen molar-refractivity contribution in [1.29, 1.82) is 0 Å². The fraction of sp³-hybridized carbons (Fsp3) is 0.500. The molecule has 0 spiro atoms. The number of hydrazine groups is 1. The Hall–Kier alpha value is -4.65. The molecule has 1 aliphatic rings. The highest BCUT2D eigenvalue weighted by atomic mass is 16.7. The quantitative estimate of drug-likeness (QED) is 0.258. The lowest BCUT2D eigenvalue weighted by molar-refractivity contribution is -0.158. The zero-order valence-electron chi connectivity index (χ0n) is 28.7. The van der Waals surface area contributed by atoms with E-state index < -0.39 is 60.0 Å². The van der Waals surface area contributed by atoms with Crippen molar-refractivity contribution in [2.75, 3.05) is 20.4 Å². The molecule has 1 saturated heterocycles. The van der Waals surface area contributed by atoms with Crippen LogP contribution in [-0.2, 0) is 19.0 Å². The first-order valence-corrected chi connectivity index (χ1v) is 15.2. The van der Waals surface area contributed by atoms with Crippen molar-refractivity contribution < 1.29 is 48.0 Å². The average Bonchev–Trinajstić information content (AvgIpc) is 3.35. The van der Waals surface area contributed by atoms with Crippen molar-refractivity contribution in [1.82, 2.24) is 14.9 Å². The van der Waals surface area contributed by atoms with Gasteiger partial charge in [-0.15, -0.1) is 5.01 Å². The monoisotopic (exact) mass is 655 g/mol. The largest absolute Gasteiger partial charge is 0.496 e. The molecule has 2 aromatic rings. The lowest BCUT2D eigenvalue weighted by Gasteiger charge is -2.41. The molecule has 47 heavy (non-hydrogen) atoms. The molecule has 2 aromatic carbocycles. The predicted molar refractivity (Wildman–Crippen MR) is 171 cm³/mol. The Kier molecular flexibility index (Phi) is 11.3. The Morgan fingerprint density at radius 2 is 1.53 bits per heavy atom. The van der Waals surface area contributed by atoms with Crippen molar-refractivity contribution in [3.8, 4) is 5.75 Å². The average molecular weight is 656 g/mol. The third kappa shape index (κ3) is 9.00. The molecule has 2 atom stereocenters. The van der Waals surface area contributed by atoms with Crippen LogP contribution in [0.25, 0.3) is 0 Å². The summed E-state index contributed by atoms with van der Waals surface area (Å²) in [5.41, 5.74) is 0.331. The minimum Gasteiger partial charge on any atom is -0.496 e. The number of methoxy groups -OCH3 is 1. The van der Waals surface area contributed by atoms with E-state index >= 15 is 0 Å². The Morgan fingerprint density at radius 3 is 2.09 bits per heavy atom. The van der Waals surface area contributed by atoms with Crippen molar-refractivity contribution in [3.05, 3.63) is 64.2 Å². The second-order valence-electron chi connectivity index (χ2n) is 13.4. The Labute approximate surface area is 275 Å². The maximum atomic E-state index is 14.2. The number of carbonyl (C=O) groups excluding carboxylic acids is 5. The summed E-state index contributed by atoms with van der Waals surface area (Å²) < 4.78 is 21.2. The zero-order valence-corrected chi connectivity index (χ0v) is 28.7. The first kappa shape index (κ1) is 36.8. The standard InChI is InChI=1S/C34H45N3O10/c1-20-14-21(2)16-23(15-20)28(39)37(33(4,5)6)36(29(40)25-12-11-13-27(44-10)22(25)3)32(43)46-19-45-30(41)26-17-24(38)18-35(26)31(42)47-34(7,8)9/h11-16,24,26,38H,17-19H2,1-10H3. The van der Waals surface area contributed by atoms with E-state index in [9.17, 15) is 29.1 Å². The smallest absolute Gasteiger partial charge is 0.439 e. The van der Waals surface area contributed by atoms with Crippen LogP contribution in [0.3, 0.4) is 0 Å². The molecule has 1 heterocycles. The second-order valence-corrected chi connectivity index (χ2v) is 13.4. The fourth-order valence-corrected chi connectivity index (χ4v) is 5.21. The first-order valence-electron chi connectivity index (χ1n) is 15.2. The predicted octanol–water partition coefficient (Wildman–Crippen LogP) is 4.93. The van der Waals surface area contributed by atoms with Crippen LogP contribution in [0.1, 0.15) is 85.4 Å². The lowest BCUT2D eigenvalue weighted by Crippen LogP contribution is -2.60. The molecule has 1 aliphatic heterocycles. The number of imide groups is 1. The van der Waals surface area contributed by atoms with Gasteiger partial charge < -0.3 is 24.1 Å². The van der Waals surface area contributed by atoms with E-state index in [-0.39, 0.29) is 24.1 Å². The van der Waals surface area contributed by atoms with E-state index in [0.29, 0.717) is 16.3 Å². The number of benzene rings is 2. The van der Waals surface area contributed by atoms with Gasteiger partial charge >= 0.3 is 18.2 Å². The van der Waals surface area contributed by atoms with Gasteiger partial charge in [-0.1, -0.05) is 23.3 Å². The van der Waals surface area contributed by atoms with Crippen molar-refractivity contribution >= 4 is 30.0 Å². The number of carbonyl (C=O) groups is 5. The molecule has 3 rings (SSSR count). The van der Waals surface area contributed by atoms with E-state index in [1.54, 1.807) is 72.7 Å². The molecule has 13 nitrogen and oxygen atoms in total. The number of ether oxygens (including phenoxy) is 4. The molecule has 4 amide bonds. The molecule has 256 valence electrons. The van der Waals surface area contributed by atoms with Crippen LogP contribution in [0.15, 0.2) is 36.4 Å². The molecule has 2 unspecified atom stereocenters. The Balaban J connectivity index is 1.94. The minimum atomic E-state index is -1.30. The highest BCUT2D eigenvalue weighted by molar-refractivity contribution is 6.07. The number of amides is 4. The summed E-state index contributed by atoms with van der Waals surface area (Å²) in [6.45, 7) is 14.1. The normalized spacial score (nSPS) is 16.3. The van der Waals surface area contributed by atoms with Crippen LogP contribution >= 0.6 is 0 Å². The van der Waals surface area contributed by atoms with Crippen molar-refractivity contribution in [2.45, 2.75) is 92.0 Å². The number of aliphatic hydroxyl groups is 1. The molecular weight excluding hydrogens is 610 g/mol. The highest BCUT2D eigenvalue weighted by Gasteiger charge is 2.44. The molecule has 0 saturated carbocycles. The van der Waals surface area contributed by atoms with Gasteiger partial charge in [-0.25, -0.2) is 19.4 Å². The molecule has 0 radical (unpaired) electrons. The number of rotatable bonds is 6. The maximum absolute atomic E-state index is 14.2. The molecule has 0 bridgehead atoms. The summed E-state index contributed by atoms with van der Waals surface area (Å²) in [6, 6.07) is 8.68. The van der Waals surface area contributed by atoms with E-state index in [1.165, 1.54) is 13.2 Å². The van der Waals surface area contributed by atoms with E-state index in [0.717, 1.165) is 21.0 Å². The summed E-state index contributed by atoms with van der Waals surface area (Å²) in [4.78, 5) is 68.8. The van der Waals surface area contributed by atoms with Gasteiger partial charge in [0.2, 0.25) is 6.79 Å². The summed E-state index contributed by atoms with van der Waals surface area (Å²) in [6.07, 6.45) is -3.23. The fourth-order valence-electron chi connectivity index (χ4n) is 5.21. The van der Waals surface area contributed by atoms with Gasteiger partial charge in [0.15, 0.2) is 0 Å². The van der Waals surface area contributed by atoms with Crippen LogP contribution in [0.4, 0.5) is 9.59 Å². The van der Waals surface area contributed by atoms with E-state index in [2.05, 4.69) is 0 Å². The van der Waals surface area contributed by atoms with Crippen LogP contribution in [0.2, 0.25) is 0 Å². The van der Waals surface area contributed by atoms with E-state index in [4.69, 9.17) is 18.9 Å². The van der Waals surface area contributed by atoms with Crippen molar-refractivity contribution in [2.24, 2.45) is 0 Å². The van der Waals surface area contributed by atoms with Gasteiger partial charge in [-0.3, -0.25) is 14.5 Å². The van der Waals surface area contributed by atoms with Gasteiger partial charge in [-0.05, 0) is 86.6 Å². The van der Waals surface area contributed by atoms with E-state index in [1.807, 2.05) is 19.9 Å². The van der Waals surface area contributed by atoms with Crippen LogP contribution in [0.5, 0.6) is 5.75 Å². The van der Waals surface area contributed by atoms with Gasteiger partial charge in [0.25, 0.3) is 11.8 Å². The SMILES string of the molecule is COc1cccc(C(=O)N(C(=O)OCOC(=O)C2CC(O)CN2C(=O)OC(C)(C)C)N(C(=O)c2cc(C)cc(C)c2)C(C)(C)C)c1C. The van der Waals surface area contributed by atoms with Crippen LogP contribution in [-0.4, -0.2) is 93.7 Å². The second kappa shape index (κ2) is 14.4. The number of esters is 1. The van der Waals surface area contributed by atoms with Gasteiger partial charge in [-0.2, -0.15) is 0 Å². The zero-order chi connectivity index (χ0) is 35.4. The number of nitrogens with zero attached hydrogens (tertiary/aromatic N) is 3. The number of aryl methyl sites for hydroxylation is 2. The molecule has 13 heteroatoms. The van der Waals surface area contributed by atoms with Gasteiger partial charge in [0.1, 0.15) is 17.4 Å². The number of aliphatic hydroxyl groups excluding tert-OH is 1.